The van der Waals surface area contributed by atoms with Crippen LogP contribution in [0.3, 0.4) is 0 Å². The highest BCUT2D eigenvalue weighted by atomic mass is 16.5. The fraction of sp³-hybridized carbons (Fsp3) is 0.692. The lowest BCUT2D eigenvalue weighted by molar-refractivity contribution is 0.0920. The molecule has 4 heteroatoms. The molecule has 1 aromatic rings. The van der Waals surface area contributed by atoms with E-state index in [1.807, 2.05) is 6.07 Å². The minimum atomic E-state index is 0.614. The third-order valence-electron chi connectivity index (χ3n) is 2.44. The van der Waals surface area contributed by atoms with Gasteiger partial charge in [0, 0.05) is 25.9 Å². The summed E-state index contributed by atoms with van der Waals surface area (Å²) in [5.41, 5.74) is 1.13. The second-order valence-electron chi connectivity index (χ2n) is 3.94. The van der Waals surface area contributed by atoms with Gasteiger partial charge in [0.15, 0.2) is 0 Å². The second-order valence-corrected chi connectivity index (χ2v) is 3.94. The predicted octanol–water partition coefficient (Wildman–Crippen LogP) is 2.33. The maximum atomic E-state index is 5.56. The summed E-state index contributed by atoms with van der Waals surface area (Å²) in [6.45, 7) is 6.02. The molecule has 0 aliphatic carbocycles. The van der Waals surface area contributed by atoms with Crippen molar-refractivity contribution in [2.45, 2.75) is 32.9 Å². The van der Waals surface area contributed by atoms with Gasteiger partial charge in [-0.1, -0.05) is 6.92 Å². The minimum Gasteiger partial charge on any atom is -0.468 e. The molecule has 0 amide bonds. The summed E-state index contributed by atoms with van der Waals surface area (Å²) >= 11 is 0. The summed E-state index contributed by atoms with van der Waals surface area (Å²) in [5, 5.41) is 3.32. The summed E-state index contributed by atoms with van der Waals surface area (Å²) in [4.78, 5) is 0. The molecule has 1 N–H and O–H groups in total. The highest BCUT2D eigenvalue weighted by Gasteiger charge is 2.05. The average Bonchev–Trinajstić information content (AvgIpc) is 2.77. The van der Waals surface area contributed by atoms with Gasteiger partial charge < -0.3 is 19.2 Å². The first-order chi connectivity index (χ1) is 8.38. The highest BCUT2D eigenvalue weighted by molar-refractivity contribution is 5.15. The molecule has 1 aromatic heterocycles. The molecule has 17 heavy (non-hydrogen) atoms. The van der Waals surface area contributed by atoms with E-state index in [1.165, 1.54) is 0 Å². The maximum Gasteiger partial charge on any atom is 0.123 e. The van der Waals surface area contributed by atoms with Crippen LogP contribution in [-0.2, 0) is 22.6 Å². The van der Waals surface area contributed by atoms with Gasteiger partial charge in [0.2, 0.25) is 0 Å². The zero-order valence-corrected chi connectivity index (χ0v) is 10.8. The van der Waals surface area contributed by atoms with Crippen LogP contribution in [0, 0.1) is 0 Å². The average molecular weight is 241 g/mol. The Morgan fingerprint density at radius 2 is 2.24 bits per heavy atom. The fourth-order valence-corrected chi connectivity index (χ4v) is 1.52. The number of hydrogen-bond acceptors (Lipinski definition) is 4. The SMILES string of the molecule is CCCNCc1occc1COCCCOC. The Kier molecular flexibility index (Phi) is 7.71. The molecule has 0 aromatic carbocycles. The van der Waals surface area contributed by atoms with Crippen LogP contribution < -0.4 is 5.32 Å². The molecule has 0 radical (unpaired) electrons. The molecule has 0 saturated carbocycles. The number of nitrogens with one attached hydrogen (secondary N) is 1. The molecule has 0 spiro atoms. The molecular formula is C13H23NO3. The molecule has 0 aliphatic rings. The van der Waals surface area contributed by atoms with E-state index in [-0.39, 0.29) is 0 Å². The quantitative estimate of drug-likeness (QED) is 0.638. The van der Waals surface area contributed by atoms with Crippen LogP contribution >= 0.6 is 0 Å². The molecule has 0 unspecified atom stereocenters. The van der Waals surface area contributed by atoms with Gasteiger partial charge in [-0.25, -0.2) is 0 Å². The Hall–Kier alpha value is -0.840. The standard InChI is InChI=1S/C13H23NO3/c1-3-6-14-10-13-12(5-9-17-13)11-16-8-4-7-15-2/h5,9,14H,3-4,6-8,10-11H2,1-2H3. The first-order valence-electron chi connectivity index (χ1n) is 6.21. The van der Waals surface area contributed by atoms with Crippen LogP contribution in [-0.4, -0.2) is 26.9 Å². The first kappa shape index (κ1) is 14.2. The number of methoxy groups -OCH3 is 1. The Morgan fingerprint density at radius 3 is 3.00 bits per heavy atom. The topological polar surface area (TPSA) is 43.6 Å². The van der Waals surface area contributed by atoms with Crippen molar-refractivity contribution >= 4 is 0 Å². The van der Waals surface area contributed by atoms with Crippen molar-refractivity contribution in [3.8, 4) is 0 Å². The van der Waals surface area contributed by atoms with Gasteiger partial charge >= 0.3 is 0 Å². The zero-order valence-electron chi connectivity index (χ0n) is 10.8. The van der Waals surface area contributed by atoms with Gasteiger partial charge in [-0.15, -0.1) is 0 Å². The van der Waals surface area contributed by atoms with E-state index in [2.05, 4.69) is 12.2 Å². The monoisotopic (exact) mass is 241 g/mol. The maximum absolute atomic E-state index is 5.56. The minimum absolute atomic E-state index is 0.614. The lowest BCUT2D eigenvalue weighted by atomic mass is 10.2. The summed E-state index contributed by atoms with van der Waals surface area (Å²) in [5.74, 6) is 0.977. The first-order valence-corrected chi connectivity index (χ1v) is 6.21. The van der Waals surface area contributed by atoms with Crippen molar-refractivity contribution in [3.63, 3.8) is 0 Å². The second kappa shape index (κ2) is 9.22. The molecule has 0 bridgehead atoms. The Labute approximate surface area is 103 Å². The summed E-state index contributed by atoms with van der Waals surface area (Å²) in [6.07, 6.45) is 3.78. The summed E-state index contributed by atoms with van der Waals surface area (Å²) in [7, 11) is 1.70. The van der Waals surface area contributed by atoms with Gasteiger partial charge in [0.1, 0.15) is 5.76 Å². The summed E-state index contributed by atoms with van der Waals surface area (Å²) < 4.78 is 15.9. The number of rotatable bonds is 10. The van der Waals surface area contributed by atoms with Crippen molar-refractivity contribution in [2.24, 2.45) is 0 Å². The van der Waals surface area contributed by atoms with E-state index in [0.717, 1.165) is 50.5 Å². The number of furan rings is 1. The third kappa shape index (κ3) is 5.86. The van der Waals surface area contributed by atoms with Crippen LogP contribution in [0.1, 0.15) is 31.1 Å². The third-order valence-corrected chi connectivity index (χ3v) is 2.44. The van der Waals surface area contributed by atoms with E-state index in [9.17, 15) is 0 Å². The van der Waals surface area contributed by atoms with Crippen LogP contribution in [0.5, 0.6) is 0 Å². The predicted molar refractivity (Wildman–Crippen MR) is 66.9 cm³/mol. The molecular weight excluding hydrogens is 218 g/mol. The van der Waals surface area contributed by atoms with Crippen molar-refractivity contribution in [1.82, 2.24) is 5.32 Å². The van der Waals surface area contributed by atoms with Gasteiger partial charge in [-0.05, 0) is 25.5 Å². The lowest BCUT2D eigenvalue weighted by Gasteiger charge is -2.05. The van der Waals surface area contributed by atoms with E-state index < -0.39 is 0 Å². The Balaban J connectivity index is 2.20. The largest absolute Gasteiger partial charge is 0.468 e. The van der Waals surface area contributed by atoms with Crippen molar-refractivity contribution in [3.05, 3.63) is 23.7 Å². The zero-order chi connectivity index (χ0) is 12.3. The van der Waals surface area contributed by atoms with E-state index in [1.54, 1.807) is 13.4 Å². The fourth-order valence-electron chi connectivity index (χ4n) is 1.52. The highest BCUT2D eigenvalue weighted by Crippen LogP contribution is 2.11. The smallest absolute Gasteiger partial charge is 0.123 e. The normalized spacial score (nSPS) is 10.9. The molecule has 98 valence electrons. The van der Waals surface area contributed by atoms with Crippen LogP contribution in [0.15, 0.2) is 16.7 Å². The van der Waals surface area contributed by atoms with E-state index in [0.29, 0.717) is 6.61 Å². The molecule has 1 rings (SSSR count). The molecule has 0 fully saturated rings. The van der Waals surface area contributed by atoms with Crippen LogP contribution in [0.2, 0.25) is 0 Å². The van der Waals surface area contributed by atoms with E-state index >= 15 is 0 Å². The lowest BCUT2D eigenvalue weighted by Crippen LogP contribution is -2.14. The van der Waals surface area contributed by atoms with Crippen molar-refractivity contribution in [2.75, 3.05) is 26.9 Å². The van der Waals surface area contributed by atoms with Crippen LogP contribution in [0.4, 0.5) is 0 Å². The molecule has 4 nitrogen and oxygen atoms in total. The number of ether oxygens (including phenoxy) is 2. The van der Waals surface area contributed by atoms with E-state index in [4.69, 9.17) is 13.9 Å². The van der Waals surface area contributed by atoms with Gasteiger partial charge in [0.05, 0.1) is 19.4 Å². The van der Waals surface area contributed by atoms with Crippen LogP contribution in [0.25, 0.3) is 0 Å². The van der Waals surface area contributed by atoms with Crippen molar-refractivity contribution < 1.29 is 13.9 Å². The molecule has 0 atom stereocenters. The molecule has 0 saturated heterocycles. The molecule has 1 heterocycles. The Bertz CT molecular complexity index is 286. The number of hydrogen-bond donors (Lipinski definition) is 1. The summed E-state index contributed by atoms with van der Waals surface area (Å²) in [6, 6.07) is 1.97. The van der Waals surface area contributed by atoms with Gasteiger partial charge in [0.25, 0.3) is 0 Å². The van der Waals surface area contributed by atoms with Gasteiger partial charge in [-0.3, -0.25) is 0 Å². The molecule has 0 aliphatic heterocycles. The van der Waals surface area contributed by atoms with Crippen molar-refractivity contribution in [1.29, 1.82) is 0 Å². The Morgan fingerprint density at radius 1 is 1.35 bits per heavy atom. The van der Waals surface area contributed by atoms with Gasteiger partial charge in [-0.2, -0.15) is 0 Å².